The highest BCUT2D eigenvalue weighted by Gasteiger charge is 2.18. The highest BCUT2D eigenvalue weighted by molar-refractivity contribution is 7.80. The number of pyridine rings is 1. The van der Waals surface area contributed by atoms with E-state index >= 15 is 0 Å². The summed E-state index contributed by atoms with van der Waals surface area (Å²) in [5.74, 6) is 0. The number of hydrogen-bond acceptors (Lipinski definition) is 4. The minimum Gasteiger partial charge on any atom is -0.376 e. The summed E-state index contributed by atoms with van der Waals surface area (Å²) in [7, 11) is 4.08. The van der Waals surface area contributed by atoms with Gasteiger partial charge in [-0.15, -0.1) is 0 Å². The molecule has 3 rings (SSSR count). The van der Waals surface area contributed by atoms with Gasteiger partial charge in [-0.3, -0.25) is 4.79 Å². The number of aryl methyl sites for hydroxylation is 1. The van der Waals surface area contributed by atoms with Gasteiger partial charge in [-0.05, 0) is 74.7 Å². The van der Waals surface area contributed by atoms with E-state index in [0.717, 1.165) is 55.4 Å². The van der Waals surface area contributed by atoms with Gasteiger partial charge in [-0.25, -0.2) is 0 Å². The van der Waals surface area contributed by atoms with Gasteiger partial charge >= 0.3 is 0 Å². The summed E-state index contributed by atoms with van der Waals surface area (Å²) >= 11 is 5.67. The van der Waals surface area contributed by atoms with E-state index in [0.29, 0.717) is 18.2 Å². The van der Waals surface area contributed by atoms with Gasteiger partial charge in [0.15, 0.2) is 5.11 Å². The summed E-state index contributed by atoms with van der Waals surface area (Å²) in [5, 5.41) is 5.08. The number of fused-ring (bicyclic) bond motifs is 1. The predicted molar refractivity (Wildman–Crippen MR) is 122 cm³/mol. The van der Waals surface area contributed by atoms with Gasteiger partial charge in [0.05, 0.1) is 12.6 Å². The first kappa shape index (κ1) is 21.7. The number of aromatic amines is 1. The summed E-state index contributed by atoms with van der Waals surface area (Å²) in [6, 6.07) is 8.19. The van der Waals surface area contributed by atoms with E-state index in [1.165, 1.54) is 5.56 Å². The topological polar surface area (TPSA) is 60.6 Å². The quantitative estimate of drug-likeness (QED) is 0.645. The lowest BCUT2D eigenvalue weighted by Crippen LogP contribution is -2.45. The van der Waals surface area contributed by atoms with Crippen molar-refractivity contribution in [2.75, 3.05) is 40.3 Å². The van der Waals surface area contributed by atoms with Crippen LogP contribution in [0.1, 0.15) is 30.9 Å². The highest BCUT2D eigenvalue weighted by atomic mass is 32.1. The number of nitrogens with zero attached hydrogens (tertiary/aromatic N) is 2. The second-order valence-electron chi connectivity index (χ2n) is 7.94. The van der Waals surface area contributed by atoms with Gasteiger partial charge in [0.25, 0.3) is 5.56 Å². The monoisotopic (exact) mass is 416 g/mol. The number of rotatable bonds is 8. The Balaban J connectivity index is 1.77. The number of benzene rings is 1. The second kappa shape index (κ2) is 10.2. The number of nitrogens with one attached hydrogen (secondary N) is 2. The van der Waals surface area contributed by atoms with E-state index in [2.05, 4.69) is 39.2 Å². The Kier molecular flexibility index (Phi) is 7.64. The van der Waals surface area contributed by atoms with Crippen LogP contribution in [-0.4, -0.2) is 66.3 Å². The van der Waals surface area contributed by atoms with Crippen LogP contribution in [0, 0.1) is 0 Å². The van der Waals surface area contributed by atoms with Crippen molar-refractivity contribution in [3.63, 3.8) is 0 Å². The SMILES string of the molecule is CCc1ccc2[nH]c(=O)c(CN(CCN(C)C)C(=S)NC[C@H]3CCCO3)cc2c1. The largest absolute Gasteiger partial charge is 0.376 e. The molecule has 0 aliphatic carbocycles. The summed E-state index contributed by atoms with van der Waals surface area (Å²) in [4.78, 5) is 19.9. The maximum atomic E-state index is 12.7. The molecule has 2 heterocycles. The minimum atomic E-state index is -0.0569. The Hall–Kier alpha value is -1.96. The number of thiocarbonyl (C=S) groups is 1. The van der Waals surface area contributed by atoms with Crippen LogP contribution in [0.3, 0.4) is 0 Å². The molecule has 2 N–H and O–H groups in total. The smallest absolute Gasteiger partial charge is 0.253 e. The molecule has 158 valence electrons. The molecule has 1 saturated heterocycles. The van der Waals surface area contributed by atoms with Crippen LogP contribution in [0.15, 0.2) is 29.1 Å². The number of ether oxygens (including phenoxy) is 1. The number of H-pyrrole nitrogens is 1. The maximum Gasteiger partial charge on any atom is 0.253 e. The predicted octanol–water partition coefficient (Wildman–Crippen LogP) is 2.51. The van der Waals surface area contributed by atoms with Crippen LogP contribution in [0.25, 0.3) is 10.9 Å². The van der Waals surface area contributed by atoms with Crippen molar-refractivity contribution < 1.29 is 4.74 Å². The van der Waals surface area contributed by atoms with Crippen LogP contribution in [0.5, 0.6) is 0 Å². The molecule has 1 aromatic carbocycles. The fraction of sp³-hybridized carbons (Fsp3) is 0.545. The van der Waals surface area contributed by atoms with Crippen LogP contribution in [-0.2, 0) is 17.7 Å². The van der Waals surface area contributed by atoms with E-state index in [4.69, 9.17) is 17.0 Å². The molecule has 1 aliphatic rings. The van der Waals surface area contributed by atoms with Crippen molar-refractivity contribution in [3.05, 3.63) is 45.7 Å². The summed E-state index contributed by atoms with van der Waals surface area (Å²) in [6.45, 7) is 5.76. The molecule has 29 heavy (non-hydrogen) atoms. The fourth-order valence-corrected chi connectivity index (χ4v) is 3.77. The third-order valence-corrected chi connectivity index (χ3v) is 5.77. The average Bonchev–Trinajstić information content (AvgIpc) is 3.22. The van der Waals surface area contributed by atoms with E-state index in [9.17, 15) is 4.79 Å². The zero-order valence-corrected chi connectivity index (χ0v) is 18.5. The van der Waals surface area contributed by atoms with Gasteiger partial charge in [0, 0.05) is 37.3 Å². The molecule has 2 aromatic rings. The van der Waals surface area contributed by atoms with Gasteiger partial charge in [0.2, 0.25) is 0 Å². The molecule has 1 aromatic heterocycles. The molecule has 0 unspecified atom stereocenters. The Labute approximate surface area is 178 Å². The molecular weight excluding hydrogens is 384 g/mol. The molecule has 1 atom stereocenters. The highest BCUT2D eigenvalue weighted by Crippen LogP contribution is 2.15. The van der Waals surface area contributed by atoms with Crippen molar-refractivity contribution in [2.45, 2.75) is 38.8 Å². The van der Waals surface area contributed by atoms with Gasteiger partial charge in [0.1, 0.15) is 0 Å². The van der Waals surface area contributed by atoms with Crippen LogP contribution in [0.4, 0.5) is 0 Å². The van der Waals surface area contributed by atoms with Crippen molar-refractivity contribution in [1.82, 2.24) is 20.1 Å². The Morgan fingerprint density at radius 1 is 1.31 bits per heavy atom. The lowest BCUT2D eigenvalue weighted by molar-refractivity contribution is 0.113. The van der Waals surface area contributed by atoms with E-state index in [1.807, 2.05) is 26.2 Å². The minimum absolute atomic E-state index is 0.0569. The fourth-order valence-electron chi connectivity index (χ4n) is 3.54. The van der Waals surface area contributed by atoms with Crippen molar-refractivity contribution >= 4 is 28.2 Å². The number of aromatic nitrogens is 1. The normalized spacial score (nSPS) is 16.5. The zero-order chi connectivity index (χ0) is 20.8. The molecule has 1 fully saturated rings. The summed E-state index contributed by atoms with van der Waals surface area (Å²) < 4.78 is 5.68. The lowest BCUT2D eigenvalue weighted by Gasteiger charge is -2.28. The van der Waals surface area contributed by atoms with E-state index in [-0.39, 0.29) is 11.7 Å². The maximum absolute atomic E-state index is 12.7. The van der Waals surface area contributed by atoms with Gasteiger partial charge in [-0.1, -0.05) is 13.0 Å². The average molecular weight is 417 g/mol. The molecule has 0 spiro atoms. The number of hydrogen-bond donors (Lipinski definition) is 2. The summed E-state index contributed by atoms with van der Waals surface area (Å²) in [5.41, 5.74) is 2.80. The van der Waals surface area contributed by atoms with Gasteiger partial charge < -0.3 is 24.8 Å². The standard InChI is InChI=1S/C22H32N4O2S/c1-4-16-7-8-20-17(12-16)13-18(21(27)24-20)15-26(10-9-25(2)3)22(29)23-14-19-6-5-11-28-19/h7-8,12-13,19H,4-6,9-11,14-15H2,1-3H3,(H,23,29)(H,24,27)/t19-/m1/s1. The Bertz CT molecular complexity index is 890. The van der Waals surface area contributed by atoms with E-state index in [1.54, 1.807) is 0 Å². The van der Waals surface area contributed by atoms with Crippen molar-refractivity contribution in [1.29, 1.82) is 0 Å². The Morgan fingerprint density at radius 3 is 2.83 bits per heavy atom. The van der Waals surface area contributed by atoms with Crippen LogP contribution in [0.2, 0.25) is 0 Å². The first-order chi connectivity index (χ1) is 14.0. The first-order valence-electron chi connectivity index (χ1n) is 10.4. The molecule has 0 bridgehead atoms. The van der Waals surface area contributed by atoms with Gasteiger partial charge in [-0.2, -0.15) is 0 Å². The molecule has 1 aliphatic heterocycles. The molecular formula is C22H32N4O2S. The van der Waals surface area contributed by atoms with Crippen LogP contribution < -0.4 is 10.9 Å². The van der Waals surface area contributed by atoms with Crippen molar-refractivity contribution in [2.24, 2.45) is 0 Å². The second-order valence-corrected chi connectivity index (χ2v) is 8.33. The Morgan fingerprint density at radius 2 is 2.14 bits per heavy atom. The molecule has 0 saturated carbocycles. The summed E-state index contributed by atoms with van der Waals surface area (Å²) in [6.07, 6.45) is 3.36. The third kappa shape index (κ3) is 6.01. The zero-order valence-electron chi connectivity index (χ0n) is 17.7. The third-order valence-electron chi connectivity index (χ3n) is 5.36. The first-order valence-corrected chi connectivity index (χ1v) is 10.8. The molecule has 6 nitrogen and oxygen atoms in total. The lowest BCUT2D eigenvalue weighted by atomic mass is 10.1. The van der Waals surface area contributed by atoms with Crippen LogP contribution >= 0.6 is 12.2 Å². The molecule has 0 amide bonds. The number of likely N-dealkylation sites (N-methyl/N-ethyl adjacent to an activating group) is 1. The van der Waals surface area contributed by atoms with Crippen molar-refractivity contribution in [3.8, 4) is 0 Å². The molecule has 7 heteroatoms. The van der Waals surface area contributed by atoms with E-state index < -0.39 is 0 Å². The molecule has 0 radical (unpaired) electrons.